The number of hydrogen-bond acceptors (Lipinski definition) is 4. The van der Waals surface area contributed by atoms with Gasteiger partial charge in [0.1, 0.15) is 5.82 Å². The van der Waals surface area contributed by atoms with E-state index in [9.17, 15) is 45.4 Å². The van der Waals surface area contributed by atoms with Crippen LogP contribution in [-0.2, 0) is 27.4 Å². The van der Waals surface area contributed by atoms with Crippen molar-refractivity contribution in [1.82, 2.24) is 10.3 Å². The van der Waals surface area contributed by atoms with Gasteiger partial charge in [-0.3, -0.25) is 14.6 Å². The molecule has 3 unspecified atom stereocenters. The van der Waals surface area contributed by atoms with E-state index in [2.05, 4.69) is 10.3 Å². The van der Waals surface area contributed by atoms with Gasteiger partial charge in [0.2, 0.25) is 11.8 Å². The molecule has 44 heavy (non-hydrogen) atoms. The fourth-order valence-corrected chi connectivity index (χ4v) is 5.46. The fraction of sp³-hybridized carbons (Fsp3) is 0.387. The van der Waals surface area contributed by atoms with E-state index < -0.39 is 64.2 Å². The number of likely N-dealkylation sites (N-methyl/N-ethyl adjacent to an activating group) is 1. The van der Waals surface area contributed by atoms with Gasteiger partial charge in [-0.2, -0.15) is 26.3 Å². The highest BCUT2D eigenvalue weighted by Crippen LogP contribution is 2.42. The molecule has 0 saturated carbocycles. The van der Waals surface area contributed by atoms with Crippen molar-refractivity contribution in [1.29, 1.82) is 0 Å². The Kier molecular flexibility index (Phi) is 8.59. The molecule has 1 saturated heterocycles. The monoisotopic (exact) mass is 625 g/mol. The number of hydrogen-bond donors (Lipinski definition) is 2. The number of nitrogens with one attached hydrogen (secondary N) is 1. The number of benzene rings is 2. The lowest BCUT2D eigenvalue weighted by atomic mass is 9.81. The molecule has 0 radical (unpaired) electrons. The fourth-order valence-electron chi connectivity index (χ4n) is 5.46. The van der Waals surface area contributed by atoms with Crippen molar-refractivity contribution < 1.29 is 45.4 Å². The van der Waals surface area contributed by atoms with E-state index in [1.165, 1.54) is 52.2 Å². The number of rotatable bonds is 6. The molecular weight excluding hydrogens is 595 g/mol. The highest BCUT2D eigenvalue weighted by Gasteiger charge is 2.42. The van der Waals surface area contributed by atoms with Crippen LogP contribution in [0.15, 0.2) is 48.7 Å². The first-order valence-corrected chi connectivity index (χ1v) is 13.5. The van der Waals surface area contributed by atoms with Gasteiger partial charge in [-0.25, -0.2) is 4.39 Å². The van der Waals surface area contributed by atoms with Gasteiger partial charge in [-0.05, 0) is 80.8 Å². The average Bonchev–Trinajstić information content (AvgIpc) is 3.32. The van der Waals surface area contributed by atoms with E-state index in [1.54, 1.807) is 13.0 Å². The highest BCUT2D eigenvalue weighted by molar-refractivity contribution is 6.03. The van der Waals surface area contributed by atoms with E-state index >= 15 is 0 Å². The third-order valence-electron chi connectivity index (χ3n) is 7.96. The van der Waals surface area contributed by atoms with Gasteiger partial charge >= 0.3 is 12.4 Å². The van der Waals surface area contributed by atoms with Gasteiger partial charge in [-0.15, -0.1) is 0 Å². The number of alkyl halides is 6. The Balaban J connectivity index is 1.85. The lowest BCUT2D eigenvalue weighted by Crippen LogP contribution is -2.42. The first-order chi connectivity index (χ1) is 20.2. The predicted octanol–water partition coefficient (Wildman–Crippen LogP) is 6.53. The molecule has 2 amide bonds. The number of aryl methyl sites for hydroxylation is 1. The SMILES string of the molecule is Cc1cc(F)ccc1-c1cc(C2CC(=O)NC2C(C)O)ncc1N(C)C(=O)C(C)(C)c1cc(C(F)(F)F)cc(C(F)(F)F)c1. The molecule has 4 rings (SSSR count). The lowest BCUT2D eigenvalue weighted by molar-refractivity contribution is -0.143. The second-order valence-electron chi connectivity index (χ2n) is 11.5. The Bertz CT molecular complexity index is 1570. The largest absolute Gasteiger partial charge is 0.416 e. The first kappa shape index (κ1) is 32.9. The summed E-state index contributed by atoms with van der Waals surface area (Å²) in [6.45, 7) is 5.56. The summed E-state index contributed by atoms with van der Waals surface area (Å²) in [6, 6.07) is 5.87. The zero-order chi connectivity index (χ0) is 32.9. The lowest BCUT2D eigenvalue weighted by Gasteiger charge is -2.32. The zero-order valence-corrected chi connectivity index (χ0v) is 24.4. The molecule has 1 aliphatic heterocycles. The van der Waals surface area contributed by atoms with Crippen LogP contribution < -0.4 is 10.2 Å². The number of aliphatic hydroxyl groups is 1. The molecule has 236 valence electrons. The van der Waals surface area contributed by atoms with Crippen molar-refractivity contribution in [3.63, 3.8) is 0 Å². The third-order valence-corrected chi connectivity index (χ3v) is 7.96. The van der Waals surface area contributed by atoms with Crippen LogP contribution in [0.4, 0.5) is 36.4 Å². The molecule has 0 spiro atoms. The molecule has 2 heterocycles. The van der Waals surface area contributed by atoms with Crippen LogP contribution in [0.5, 0.6) is 0 Å². The number of carbonyl (C=O) groups is 2. The molecule has 1 aliphatic rings. The van der Waals surface area contributed by atoms with Crippen molar-refractivity contribution in [2.75, 3.05) is 11.9 Å². The highest BCUT2D eigenvalue weighted by atomic mass is 19.4. The van der Waals surface area contributed by atoms with E-state index in [0.29, 0.717) is 34.5 Å². The maximum absolute atomic E-state index is 14.0. The number of aromatic nitrogens is 1. The van der Waals surface area contributed by atoms with Crippen LogP contribution in [0, 0.1) is 12.7 Å². The minimum Gasteiger partial charge on any atom is -0.391 e. The molecule has 2 aromatic carbocycles. The molecule has 1 fully saturated rings. The van der Waals surface area contributed by atoms with Gasteiger partial charge in [0.15, 0.2) is 0 Å². The number of carbonyl (C=O) groups excluding carboxylic acids is 2. The van der Waals surface area contributed by atoms with E-state index in [-0.39, 0.29) is 24.1 Å². The molecule has 3 aromatic rings. The van der Waals surface area contributed by atoms with Crippen molar-refractivity contribution in [3.8, 4) is 11.1 Å². The summed E-state index contributed by atoms with van der Waals surface area (Å²) >= 11 is 0. The first-order valence-electron chi connectivity index (χ1n) is 13.5. The Morgan fingerprint density at radius 2 is 1.55 bits per heavy atom. The third kappa shape index (κ3) is 6.42. The Morgan fingerprint density at radius 3 is 2.07 bits per heavy atom. The summed E-state index contributed by atoms with van der Waals surface area (Å²) in [6.07, 6.45) is -9.81. The van der Waals surface area contributed by atoms with Crippen LogP contribution in [0.1, 0.15) is 61.1 Å². The molecular formula is C31H30F7N3O3. The summed E-state index contributed by atoms with van der Waals surface area (Å²) in [5.74, 6) is -2.24. The maximum Gasteiger partial charge on any atom is 0.416 e. The minimum atomic E-state index is -5.10. The van der Waals surface area contributed by atoms with Gasteiger partial charge in [0.25, 0.3) is 0 Å². The predicted molar refractivity (Wildman–Crippen MR) is 148 cm³/mol. The van der Waals surface area contributed by atoms with Gasteiger partial charge in [0.05, 0.1) is 40.6 Å². The second-order valence-corrected chi connectivity index (χ2v) is 11.5. The van der Waals surface area contributed by atoms with Crippen LogP contribution >= 0.6 is 0 Å². The molecule has 1 aromatic heterocycles. The van der Waals surface area contributed by atoms with Crippen LogP contribution in [0.3, 0.4) is 0 Å². The molecule has 2 N–H and O–H groups in total. The van der Waals surface area contributed by atoms with E-state index in [1.807, 2.05) is 0 Å². The van der Waals surface area contributed by atoms with Crippen LogP contribution in [-0.4, -0.2) is 41.1 Å². The number of halogens is 7. The van der Waals surface area contributed by atoms with Crippen molar-refractivity contribution >= 4 is 17.5 Å². The molecule has 6 nitrogen and oxygen atoms in total. The van der Waals surface area contributed by atoms with Gasteiger partial charge in [-0.1, -0.05) is 6.07 Å². The Labute approximate surface area is 248 Å². The van der Waals surface area contributed by atoms with Crippen molar-refractivity contribution in [2.24, 2.45) is 0 Å². The normalized spacial score (nSPS) is 18.2. The Morgan fingerprint density at radius 1 is 0.977 bits per heavy atom. The van der Waals surface area contributed by atoms with E-state index in [0.717, 1.165) is 4.90 Å². The van der Waals surface area contributed by atoms with Crippen molar-refractivity contribution in [3.05, 3.63) is 82.4 Å². The molecule has 13 heteroatoms. The molecule has 0 bridgehead atoms. The molecule has 0 aliphatic carbocycles. The number of amides is 2. The Hall–Kier alpha value is -4.00. The van der Waals surface area contributed by atoms with Crippen molar-refractivity contribution in [2.45, 2.75) is 69.9 Å². The van der Waals surface area contributed by atoms with Gasteiger partial charge in [0, 0.05) is 30.6 Å². The summed E-state index contributed by atoms with van der Waals surface area (Å²) in [7, 11) is 1.31. The average molecular weight is 626 g/mol. The zero-order valence-electron chi connectivity index (χ0n) is 24.4. The number of pyridine rings is 1. The topological polar surface area (TPSA) is 82.5 Å². The number of nitrogens with zero attached hydrogens (tertiary/aromatic N) is 2. The number of anilines is 1. The summed E-state index contributed by atoms with van der Waals surface area (Å²) < 4.78 is 95.5. The second kappa shape index (κ2) is 11.5. The quantitative estimate of drug-likeness (QED) is 0.306. The smallest absolute Gasteiger partial charge is 0.391 e. The number of aliphatic hydroxyl groups excluding tert-OH is 1. The summed E-state index contributed by atoms with van der Waals surface area (Å²) in [5.41, 5.74) is -3.70. The maximum atomic E-state index is 14.0. The molecule has 3 atom stereocenters. The van der Waals surface area contributed by atoms with Crippen LogP contribution in [0.2, 0.25) is 0 Å². The van der Waals surface area contributed by atoms with Gasteiger partial charge < -0.3 is 15.3 Å². The summed E-state index contributed by atoms with van der Waals surface area (Å²) in [5, 5.41) is 12.9. The van der Waals surface area contributed by atoms with E-state index in [4.69, 9.17) is 0 Å². The standard InChI is InChI=1S/C31H30F7N3O3/c1-15-8-20(32)6-7-21(15)22-12-24(23-13-26(43)40-27(23)16(2)42)39-14-25(22)41(5)28(44)29(3,4)17-9-18(30(33,34)35)11-19(10-17)31(36,37)38/h6-12,14,16,23,27,42H,13H2,1-5H3,(H,40,43). The van der Waals surface area contributed by atoms with Crippen LogP contribution in [0.25, 0.3) is 11.1 Å². The summed E-state index contributed by atoms with van der Waals surface area (Å²) in [4.78, 5) is 31.6. The minimum absolute atomic E-state index is 0.00500.